The van der Waals surface area contributed by atoms with E-state index in [0.29, 0.717) is 0 Å². The third kappa shape index (κ3) is 1.52. The van der Waals surface area contributed by atoms with E-state index < -0.39 is 0 Å². The summed E-state index contributed by atoms with van der Waals surface area (Å²) in [5.74, 6) is 0. The first-order valence-corrected chi connectivity index (χ1v) is 7.55. The van der Waals surface area contributed by atoms with E-state index in [1.54, 1.807) is 0 Å². The van der Waals surface area contributed by atoms with Crippen LogP contribution in [0.25, 0.3) is 43.4 Å². The molecule has 0 spiro atoms. The molecular formula is C22H13. The molecule has 5 aromatic rings. The molecule has 0 heteroatoms. The van der Waals surface area contributed by atoms with Crippen molar-refractivity contribution in [3.05, 3.63) is 84.9 Å². The molecule has 101 valence electrons. The molecule has 0 saturated heterocycles. The molecule has 0 aliphatic carbocycles. The van der Waals surface area contributed by atoms with Crippen molar-refractivity contribution in [1.82, 2.24) is 0 Å². The van der Waals surface area contributed by atoms with Gasteiger partial charge in [-0.1, -0.05) is 78.9 Å². The summed E-state index contributed by atoms with van der Waals surface area (Å²) in [7, 11) is 0. The summed E-state index contributed by atoms with van der Waals surface area (Å²) in [6, 6.07) is 31.5. The van der Waals surface area contributed by atoms with Crippen molar-refractivity contribution in [2.45, 2.75) is 0 Å². The minimum absolute atomic E-state index is 1.20. The van der Waals surface area contributed by atoms with Gasteiger partial charge in [-0.25, -0.2) is 0 Å². The third-order valence-electron chi connectivity index (χ3n) is 4.53. The highest BCUT2D eigenvalue weighted by atomic mass is 14.1. The number of benzene rings is 5. The quantitative estimate of drug-likeness (QED) is 0.327. The standard InChI is InChI=1S/C22H13/c1-2-5-15(6-3-1)19-13-11-18-10-9-16-7-4-8-17-12-14-20(19)22(18)21(16)17/h1-6,8-14H. The maximum absolute atomic E-state index is 3.37. The largest absolute Gasteiger partial charge is 0.0622 e. The van der Waals surface area contributed by atoms with Crippen molar-refractivity contribution in [2.24, 2.45) is 0 Å². The molecule has 0 saturated carbocycles. The van der Waals surface area contributed by atoms with Gasteiger partial charge < -0.3 is 0 Å². The van der Waals surface area contributed by atoms with Crippen molar-refractivity contribution < 1.29 is 0 Å². The second-order valence-corrected chi connectivity index (χ2v) is 5.75. The van der Waals surface area contributed by atoms with Gasteiger partial charge in [0.05, 0.1) is 0 Å². The van der Waals surface area contributed by atoms with E-state index in [1.807, 2.05) is 6.07 Å². The van der Waals surface area contributed by atoms with Crippen LogP contribution in [-0.2, 0) is 0 Å². The summed E-state index contributed by atoms with van der Waals surface area (Å²) < 4.78 is 0. The van der Waals surface area contributed by atoms with Gasteiger partial charge in [-0.3, -0.25) is 0 Å². The van der Waals surface area contributed by atoms with E-state index in [2.05, 4.69) is 78.9 Å². The molecule has 1 radical (unpaired) electrons. The van der Waals surface area contributed by atoms with Crippen LogP contribution >= 0.6 is 0 Å². The Morgan fingerprint density at radius 1 is 0.591 bits per heavy atom. The number of rotatable bonds is 1. The predicted molar refractivity (Wildman–Crippen MR) is 94.4 cm³/mol. The van der Waals surface area contributed by atoms with Crippen LogP contribution in [-0.4, -0.2) is 0 Å². The van der Waals surface area contributed by atoms with Gasteiger partial charge in [0.15, 0.2) is 0 Å². The Hall–Kier alpha value is -2.86. The molecule has 5 rings (SSSR count). The highest BCUT2D eigenvalue weighted by Gasteiger charge is 2.11. The Morgan fingerprint density at radius 2 is 1.36 bits per heavy atom. The molecule has 0 amide bonds. The topological polar surface area (TPSA) is 0 Å². The molecular weight excluding hydrogens is 264 g/mol. The maximum atomic E-state index is 3.37. The Labute approximate surface area is 129 Å². The predicted octanol–water partition coefficient (Wildman–Crippen LogP) is 6.05. The Balaban J connectivity index is 2.02. The van der Waals surface area contributed by atoms with E-state index >= 15 is 0 Å². The fourth-order valence-corrected chi connectivity index (χ4v) is 3.52. The minimum atomic E-state index is 1.20. The molecule has 22 heavy (non-hydrogen) atoms. The second-order valence-electron chi connectivity index (χ2n) is 5.75. The lowest BCUT2D eigenvalue weighted by atomic mass is 9.90. The second kappa shape index (κ2) is 4.32. The van der Waals surface area contributed by atoms with Gasteiger partial charge in [0, 0.05) is 0 Å². The van der Waals surface area contributed by atoms with Gasteiger partial charge in [0.25, 0.3) is 0 Å². The zero-order valence-electron chi connectivity index (χ0n) is 12.0. The Morgan fingerprint density at radius 3 is 2.27 bits per heavy atom. The summed E-state index contributed by atoms with van der Waals surface area (Å²) in [5.41, 5.74) is 2.57. The summed E-state index contributed by atoms with van der Waals surface area (Å²) in [6.07, 6.45) is 0. The lowest BCUT2D eigenvalue weighted by Crippen LogP contribution is -1.86. The molecule has 0 aliphatic heterocycles. The van der Waals surface area contributed by atoms with Crippen molar-refractivity contribution in [2.75, 3.05) is 0 Å². The van der Waals surface area contributed by atoms with Crippen LogP contribution in [0, 0.1) is 6.07 Å². The summed E-state index contributed by atoms with van der Waals surface area (Å²) in [4.78, 5) is 0. The van der Waals surface area contributed by atoms with Crippen LogP contribution in [0.15, 0.2) is 78.9 Å². The van der Waals surface area contributed by atoms with Crippen LogP contribution in [0.3, 0.4) is 0 Å². The molecule has 0 atom stereocenters. The van der Waals surface area contributed by atoms with Crippen LogP contribution in [0.2, 0.25) is 0 Å². The van der Waals surface area contributed by atoms with E-state index in [9.17, 15) is 0 Å². The van der Waals surface area contributed by atoms with E-state index in [-0.39, 0.29) is 0 Å². The van der Waals surface area contributed by atoms with Crippen molar-refractivity contribution >= 4 is 32.3 Å². The van der Waals surface area contributed by atoms with E-state index in [4.69, 9.17) is 0 Å². The SMILES string of the molecule is [c]1ccc2ccc3c(-c4ccccc4)ccc4ccc1c2c43. The molecule has 0 bridgehead atoms. The van der Waals surface area contributed by atoms with Gasteiger partial charge in [-0.05, 0) is 49.5 Å². The fourth-order valence-electron chi connectivity index (χ4n) is 3.52. The van der Waals surface area contributed by atoms with Crippen molar-refractivity contribution in [3.8, 4) is 11.1 Å². The minimum Gasteiger partial charge on any atom is -0.0622 e. The first-order valence-electron chi connectivity index (χ1n) is 7.55. The fraction of sp³-hybridized carbons (Fsp3) is 0. The average Bonchev–Trinajstić information content (AvgIpc) is 2.60. The zero-order valence-corrected chi connectivity index (χ0v) is 12.0. The van der Waals surface area contributed by atoms with Gasteiger partial charge in [-0.15, -0.1) is 0 Å². The summed E-state index contributed by atoms with van der Waals surface area (Å²) >= 11 is 0. The first kappa shape index (κ1) is 11.8. The van der Waals surface area contributed by atoms with Gasteiger partial charge in [-0.2, -0.15) is 0 Å². The maximum Gasteiger partial charge on any atom is -0.00203 e. The molecule has 0 aromatic heterocycles. The van der Waals surface area contributed by atoms with Gasteiger partial charge in [0.2, 0.25) is 0 Å². The lowest BCUT2D eigenvalue weighted by Gasteiger charge is -2.13. The van der Waals surface area contributed by atoms with Gasteiger partial charge >= 0.3 is 0 Å². The molecule has 5 aromatic carbocycles. The Bertz CT molecular complexity index is 1090. The summed E-state index contributed by atoms with van der Waals surface area (Å²) in [5, 5.41) is 7.79. The number of hydrogen-bond donors (Lipinski definition) is 0. The molecule has 0 unspecified atom stereocenters. The van der Waals surface area contributed by atoms with E-state index in [0.717, 1.165) is 0 Å². The van der Waals surface area contributed by atoms with Crippen LogP contribution in [0.4, 0.5) is 0 Å². The summed E-state index contributed by atoms with van der Waals surface area (Å²) in [6.45, 7) is 0. The molecule has 0 N–H and O–H groups in total. The normalized spacial score (nSPS) is 11.6. The Kier molecular flexibility index (Phi) is 2.31. The number of hydrogen-bond acceptors (Lipinski definition) is 0. The van der Waals surface area contributed by atoms with Crippen LogP contribution in [0.1, 0.15) is 0 Å². The third-order valence-corrected chi connectivity index (χ3v) is 4.53. The monoisotopic (exact) mass is 277 g/mol. The van der Waals surface area contributed by atoms with Crippen molar-refractivity contribution in [1.29, 1.82) is 0 Å². The van der Waals surface area contributed by atoms with Crippen molar-refractivity contribution in [3.63, 3.8) is 0 Å². The first-order chi connectivity index (χ1) is 10.9. The van der Waals surface area contributed by atoms with E-state index in [1.165, 1.54) is 43.4 Å². The highest BCUT2D eigenvalue weighted by Crippen LogP contribution is 2.38. The van der Waals surface area contributed by atoms with Gasteiger partial charge in [0.1, 0.15) is 0 Å². The average molecular weight is 277 g/mol. The van der Waals surface area contributed by atoms with Crippen LogP contribution in [0.5, 0.6) is 0 Å². The zero-order chi connectivity index (χ0) is 14.5. The lowest BCUT2D eigenvalue weighted by molar-refractivity contribution is 1.66. The molecule has 0 heterocycles. The highest BCUT2D eigenvalue weighted by molar-refractivity contribution is 6.25. The van der Waals surface area contributed by atoms with Crippen LogP contribution < -0.4 is 0 Å². The smallest absolute Gasteiger partial charge is 0.00203 e. The molecule has 0 nitrogen and oxygen atoms in total. The molecule has 0 aliphatic rings. The molecule has 0 fully saturated rings.